The lowest BCUT2D eigenvalue weighted by molar-refractivity contribution is -0.119. The number of carbonyl (C=O) groups excluding carboxylic acids is 2. The first kappa shape index (κ1) is 20.9. The summed E-state index contributed by atoms with van der Waals surface area (Å²) in [6.45, 7) is 3.48. The van der Waals surface area contributed by atoms with Crippen LogP contribution >= 0.6 is 22.9 Å². The van der Waals surface area contributed by atoms with Crippen molar-refractivity contribution in [1.82, 2.24) is 15.2 Å². The van der Waals surface area contributed by atoms with Crippen molar-refractivity contribution in [2.24, 2.45) is 0 Å². The molecule has 0 bridgehead atoms. The largest absolute Gasteiger partial charge is 0.453 e. The van der Waals surface area contributed by atoms with Gasteiger partial charge in [-0.25, -0.2) is 9.78 Å². The Hall–Kier alpha value is -3.37. The molecule has 9 nitrogen and oxygen atoms in total. The molecule has 0 aliphatic rings. The van der Waals surface area contributed by atoms with E-state index in [1.165, 1.54) is 18.4 Å². The molecular weight excluding hydrogens is 440 g/mol. The van der Waals surface area contributed by atoms with Gasteiger partial charge < -0.3 is 10.1 Å². The van der Waals surface area contributed by atoms with Crippen LogP contribution in [0.1, 0.15) is 13.8 Å². The van der Waals surface area contributed by atoms with Crippen LogP contribution in [-0.4, -0.2) is 39.8 Å². The van der Waals surface area contributed by atoms with Gasteiger partial charge in [0.1, 0.15) is 5.54 Å². The van der Waals surface area contributed by atoms with Gasteiger partial charge in [0, 0.05) is 11.1 Å². The lowest BCUT2D eigenvalue weighted by Gasteiger charge is -2.26. The lowest BCUT2D eigenvalue weighted by atomic mass is 10.0. The second-order valence-electron chi connectivity index (χ2n) is 7.28. The van der Waals surface area contributed by atoms with Gasteiger partial charge in [-0.05, 0) is 44.2 Å². The summed E-state index contributed by atoms with van der Waals surface area (Å²) in [5.41, 5.74) is 1.68. The van der Waals surface area contributed by atoms with E-state index in [2.05, 4.69) is 35.9 Å². The fourth-order valence-electron chi connectivity index (χ4n) is 2.99. The molecule has 2 aromatic heterocycles. The molecule has 2 heterocycles. The van der Waals surface area contributed by atoms with Gasteiger partial charge in [-0.1, -0.05) is 22.9 Å². The molecule has 0 unspecified atom stereocenters. The number of nitrogens with zero attached hydrogens (tertiary/aromatic N) is 2. The quantitative estimate of drug-likeness (QED) is 0.339. The summed E-state index contributed by atoms with van der Waals surface area (Å²) >= 11 is 7.51. The SMILES string of the molecule is COC(=O)Nc1cc(NC(C)(C)C(=O)Nc2nc3ccc4[nH]ncc4c3s2)ccc1Cl. The predicted octanol–water partition coefficient (Wildman–Crippen LogP) is 4.83. The first-order chi connectivity index (χ1) is 14.8. The van der Waals surface area contributed by atoms with Gasteiger partial charge in [-0.15, -0.1) is 0 Å². The van der Waals surface area contributed by atoms with Crippen molar-refractivity contribution in [2.75, 3.05) is 23.1 Å². The Kier molecular flexibility index (Phi) is 5.42. The number of fused-ring (bicyclic) bond motifs is 3. The Labute approximate surface area is 186 Å². The highest BCUT2D eigenvalue weighted by molar-refractivity contribution is 7.23. The molecule has 0 aliphatic carbocycles. The van der Waals surface area contributed by atoms with Crippen LogP contribution in [0.15, 0.2) is 36.5 Å². The topological polar surface area (TPSA) is 121 Å². The molecule has 0 saturated heterocycles. The van der Waals surface area contributed by atoms with Crippen LogP contribution in [0, 0.1) is 0 Å². The van der Waals surface area contributed by atoms with Crippen LogP contribution in [0.25, 0.3) is 21.1 Å². The average Bonchev–Trinajstić information content (AvgIpc) is 3.36. The third kappa shape index (κ3) is 4.25. The van der Waals surface area contributed by atoms with E-state index >= 15 is 0 Å². The first-order valence-corrected chi connectivity index (χ1v) is 10.4. The number of anilines is 3. The van der Waals surface area contributed by atoms with Crippen molar-refractivity contribution in [1.29, 1.82) is 0 Å². The van der Waals surface area contributed by atoms with Crippen LogP contribution in [-0.2, 0) is 9.53 Å². The Balaban J connectivity index is 1.52. The highest BCUT2D eigenvalue weighted by Gasteiger charge is 2.28. The number of halogens is 1. The van der Waals surface area contributed by atoms with Crippen LogP contribution in [0.4, 0.5) is 21.3 Å². The Bertz CT molecular complexity index is 1300. The zero-order valence-corrected chi connectivity index (χ0v) is 18.4. The normalized spacial score (nSPS) is 11.5. The number of amides is 2. The standard InChI is InChI=1S/C20H19ClN6O3S/c1-20(2,26-10-4-5-12(21)15(8-10)24-19(29)30-3)17(28)25-18-23-14-7-6-13-11(9-22-27-13)16(14)31-18/h4-9,26H,1-3H3,(H,22,27)(H,24,29)(H,23,25,28). The fourth-order valence-corrected chi connectivity index (χ4v) is 4.13. The van der Waals surface area contributed by atoms with Crippen molar-refractivity contribution >= 4 is 72.6 Å². The summed E-state index contributed by atoms with van der Waals surface area (Å²) in [4.78, 5) is 29.0. The average molecular weight is 459 g/mol. The number of ether oxygens (including phenoxy) is 1. The molecule has 0 aliphatic heterocycles. The van der Waals surface area contributed by atoms with E-state index in [-0.39, 0.29) is 5.91 Å². The van der Waals surface area contributed by atoms with Crippen molar-refractivity contribution in [2.45, 2.75) is 19.4 Å². The number of thiazole rings is 1. The Morgan fingerprint density at radius 3 is 2.77 bits per heavy atom. The molecular formula is C20H19ClN6O3S. The molecule has 0 saturated carbocycles. The van der Waals surface area contributed by atoms with Crippen LogP contribution < -0.4 is 16.0 Å². The van der Waals surface area contributed by atoms with E-state index in [0.29, 0.717) is 21.5 Å². The van der Waals surface area contributed by atoms with E-state index in [1.54, 1.807) is 38.2 Å². The number of aromatic nitrogens is 3. The first-order valence-electron chi connectivity index (χ1n) is 9.23. The van der Waals surface area contributed by atoms with E-state index in [0.717, 1.165) is 21.1 Å². The zero-order valence-electron chi connectivity index (χ0n) is 16.9. The second-order valence-corrected chi connectivity index (χ2v) is 8.69. The van der Waals surface area contributed by atoms with Gasteiger partial charge in [-0.3, -0.25) is 20.5 Å². The van der Waals surface area contributed by atoms with Gasteiger partial charge in [-0.2, -0.15) is 5.10 Å². The van der Waals surface area contributed by atoms with Crippen molar-refractivity contribution < 1.29 is 14.3 Å². The number of carbonyl (C=O) groups is 2. The Morgan fingerprint density at radius 2 is 2.00 bits per heavy atom. The lowest BCUT2D eigenvalue weighted by Crippen LogP contribution is -2.44. The molecule has 4 rings (SSSR count). The molecule has 2 aromatic carbocycles. The van der Waals surface area contributed by atoms with E-state index < -0.39 is 11.6 Å². The fraction of sp³-hybridized carbons (Fsp3) is 0.200. The summed E-state index contributed by atoms with van der Waals surface area (Å²) < 4.78 is 5.54. The molecule has 31 heavy (non-hydrogen) atoms. The van der Waals surface area contributed by atoms with Crippen molar-refractivity contribution in [3.05, 3.63) is 41.6 Å². The van der Waals surface area contributed by atoms with Gasteiger partial charge in [0.25, 0.3) is 5.91 Å². The minimum absolute atomic E-state index is 0.271. The number of benzene rings is 2. The van der Waals surface area contributed by atoms with Crippen LogP contribution in [0.5, 0.6) is 0 Å². The monoisotopic (exact) mass is 458 g/mol. The minimum Gasteiger partial charge on any atom is -0.453 e. The minimum atomic E-state index is -0.987. The highest BCUT2D eigenvalue weighted by atomic mass is 35.5. The molecule has 160 valence electrons. The molecule has 2 amide bonds. The number of aromatic amines is 1. The predicted molar refractivity (Wildman–Crippen MR) is 123 cm³/mol. The molecule has 0 radical (unpaired) electrons. The van der Waals surface area contributed by atoms with Gasteiger partial charge in [0.15, 0.2) is 5.13 Å². The van der Waals surface area contributed by atoms with Gasteiger partial charge >= 0.3 is 6.09 Å². The number of hydrogen-bond donors (Lipinski definition) is 4. The summed E-state index contributed by atoms with van der Waals surface area (Å²) in [5.74, 6) is -0.271. The number of methoxy groups -OCH3 is 1. The maximum absolute atomic E-state index is 13.0. The third-order valence-corrected chi connectivity index (χ3v) is 5.96. The van der Waals surface area contributed by atoms with Crippen LogP contribution in [0.2, 0.25) is 5.02 Å². The van der Waals surface area contributed by atoms with E-state index in [9.17, 15) is 9.59 Å². The Morgan fingerprint density at radius 1 is 1.19 bits per heavy atom. The summed E-state index contributed by atoms with van der Waals surface area (Å²) in [6.07, 6.45) is 1.10. The zero-order chi connectivity index (χ0) is 22.2. The van der Waals surface area contributed by atoms with Crippen molar-refractivity contribution in [3.63, 3.8) is 0 Å². The smallest absolute Gasteiger partial charge is 0.411 e. The summed E-state index contributed by atoms with van der Waals surface area (Å²) in [6, 6.07) is 8.75. The highest BCUT2D eigenvalue weighted by Crippen LogP contribution is 2.33. The maximum Gasteiger partial charge on any atom is 0.411 e. The van der Waals surface area contributed by atoms with Gasteiger partial charge in [0.05, 0.1) is 39.7 Å². The summed E-state index contributed by atoms with van der Waals surface area (Å²) in [5, 5.41) is 17.3. The second kappa shape index (κ2) is 8.05. The number of hydrogen-bond acceptors (Lipinski definition) is 7. The van der Waals surface area contributed by atoms with Crippen LogP contribution in [0.3, 0.4) is 0 Å². The molecule has 4 N–H and O–H groups in total. The molecule has 0 spiro atoms. The van der Waals surface area contributed by atoms with E-state index in [4.69, 9.17) is 11.6 Å². The van der Waals surface area contributed by atoms with Gasteiger partial charge in [0.2, 0.25) is 0 Å². The molecule has 11 heteroatoms. The molecule has 0 fully saturated rings. The van der Waals surface area contributed by atoms with E-state index in [1.807, 2.05) is 12.1 Å². The van der Waals surface area contributed by atoms with Crippen molar-refractivity contribution in [3.8, 4) is 0 Å². The third-order valence-electron chi connectivity index (χ3n) is 4.61. The molecule has 4 aromatic rings. The molecule has 0 atom stereocenters. The number of rotatable bonds is 5. The summed E-state index contributed by atoms with van der Waals surface area (Å²) in [7, 11) is 1.26. The number of H-pyrrole nitrogens is 1. The number of nitrogens with one attached hydrogen (secondary N) is 4. The maximum atomic E-state index is 13.0.